The van der Waals surface area contributed by atoms with Crippen LogP contribution in [0.4, 0.5) is 0 Å². The Kier molecular flexibility index (Phi) is 35.6. The topological polar surface area (TPSA) is 184 Å². The van der Waals surface area contributed by atoms with Gasteiger partial charge in [-0.3, -0.25) is 23.4 Å². The zero-order valence-corrected chi connectivity index (χ0v) is 38.7. The van der Waals surface area contributed by atoms with Crippen molar-refractivity contribution in [3.8, 4) is 0 Å². The number of hydrogen-bond acceptors (Lipinski definition) is 10. The Balaban J connectivity index is 2.35. The summed E-state index contributed by atoms with van der Waals surface area (Å²) in [6.07, 6.45) is 56.0. The van der Waals surface area contributed by atoms with Crippen LogP contribution in [-0.2, 0) is 42.2 Å². The van der Waals surface area contributed by atoms with Gasteiger partial charge in [0.05, 0.1) is 25.4 Å². The zero-order valence-electron chi connectivity index (χ0n) is 37.8. The fraction of sp³-hybridized carbons (Fsp3) is 0.540. The maximum absolute atomic E-state index is 12.6. The van der Waals surface area contributed by atoms with Gasteiger partial charge >= 0.3 is 25.7 Å². The predicted molar refractivity (Wildman–Crippen MR) is 253 cm³/mol. The van der Waals surface area contributed by atoms with Crippen LogP contribution in [0, 0.1) is 0 Å². The second-order valence-electron chi connectivity index (χ2n) is 14.8. The first kappa shape index (κ1) is 56.9. The largest absolute Gasteiger partial charge is 0.480 e. The summed E-state index contributed by atoms with van der Waals surface area (Å²) in [5, 5.41) is 8.90. The Morgan fingerprint density at radius 1 is 0.571 bits per heavy atom. The minimum Gasteiger partial charge on any atom is -0.480 e. The number of carbonyl (C=O) groups excluding carboxylic acids is 2. The molecule has 1 fully saturated rings. The van der Waals surface area contributed by atoms with E-state index in [1.165, 1.54) is 0 Å². The van der Waals surface area contributed by atoms with Gasteiger partial charge in [0.2, 0.25) is 0 Å². The summed E-state index contributed by atoms with van der Waals surface area (Å²) < 4.78 is 38.3. The first-order chi connectivity index (χ1) is 30.6. The molecule has 1 aliphatic rings. The van der Waals surface area contributed by atoms with Gasteiger partial charge in [0.1, 0.15) is 12.6 Å². The Hall–Kier alpha value is -4.16. The molecule has 0 aromatic carbocycles. The standard InChI is InChI=1S/C50H76NO11P/c1-3-5-7-8-9-10-11-12-13-14-15-16-17-18-23-26-29-32-36-40-49(53)61-44(42-59-63(56,57)60-43-45(51)50(54)55)41-58-48(52)39-35-31-28-25-22-20-19-21-24-27-30-34-38-47-46(62-47)37-33-6-4-2/h5-7,9-10,12-13,15-16,18,20-24,28,30-31,33-34,44-47H,3-4,8,11,14,17,19,25-27,29,32,35-43,51H2,1-2H3,(H,54,55)(H,56,57)/b7-5-,10-9-,13-12-,16-15-,22-20-,23-18-,24-21-,31-28-,33-6-,34-30-/t44-,45+,46?,47?/m1/s1. The van der Waals surface area contributed by atoms with E-state index in [9.17, 15) is 23.8 Å². The average Bonchev–Trinajstić information content (AvgIpc) is 4.02. The summed E-state index contributed by atoms with van der Waals surface area (Å²) in [5.41, 5.74) is 5.33. The molecule has 0 bridgehead atoms. The van der Waals surface area contributed by atoms with Crippen LogP contribution in [0.1, 0.15) is 129 Å². The molecular formula is C50H76NO11P. The first-order valence-electron chi connectivity index (χ1n) is 22.7. The van der Waals surface area contributed by atoms with Crippen molar-refractivity contribution in [2.75, 3.05) is 19.8 Å². The van der Waals surface area contributed by atoms with Gasteiger partial charge in [0, 0.05) is 12.8 Å². The maximum atomic E-state index is 12.6. The molecule has 1 heterocycles. The van der Waals surface area contributed by atoms with Crippen molar-refractivity contribution in [1.82, 2.24) is 0 Å². The van der Waals surface area contributed by atoms with Gasteiger partial charge in [0.25, 0.3) is 0 Å². The number of nitrogens with two attached hydrogens (primary N) is 1. The quantitative estimate of drug-likeness (QED) is 0.0175. The van der Waals surface area contributed by atoms with Gasteiger partial charge in [-0.15, -0.1) is 0 Å². The van der Waals surface area contributed by atoms with Crippen molar-refractivity contribution < 1.29 is 52.2 Å². The smallest absolute Gasteiger partial charge is 0.472 e. The molecule has 0 aliphatic carbocycles. The summed E-state index contributed by atoms with van der Waals surface area (Å²) in [6, 6.07) is -1.55. The van der Waals surface area contributed by atoms with Crippen LogP contribution in [0.5, 0.6) is 0 Å². The van der Waals surface area contributed by atoms with Crippen LogP contribution in [0.15, 0.2) is 122 Å². The highest BCUT2D eigenvalue weighted by Gasteiger charge is 2.36. The van der Waals surface area contributed by atoms with Crippen molar-refractivity contribution in [2.45, 2.75) is 154 Å². The van der Waals surface area contributed by atoms with Crippen molar-refractivity contribution in [3.63, 3.8) is 0 Å². The van der Waals surface area contributed by atoms with Crippen LogP contribution < -0.4 is 5.73 Å². The van der Waals surface area contributed by atoms with Gasteiger partial charge in [-0.05, 0) is 96.3 Å². The molecular weight excluding hydrogens is 822 g/mol. The lowest BCUT2D eigenvalue weighted by molar-refractivity contribution is -0.161. The maximum Gasteiger partial charge on any atom is 0.472 e. The molecule has 0 aromatic heterocycles. The number of esters is 2. The van der Waals surface area contributed by atoms with Gasteiger partial charge < -0.3 is 29.9 Å². The van der Waals surface area contributed by atoms with Crippen molar-refractivity contribution in [3.05, 3.63) is 122 Å². The van der Waals surface area contributed by atoms with Crippen molar-refractivity contribution in [2.24, 2.45) is 5.73 Å². The monoisotopic (exact) mass is 898 g/mol. The van der Waals surface area contributed by atoms with Crippen LogP contribution in [-0.4, -0.2) is 72.1 Å². The normalized spacial score (nSPS) is 18.0. The number of carbonyl (C=O) groups is 3. The number of allylic oxidation sites excluding steroid dienone is 18. The summed E-state index contributed by atoms with van der Waals surface area (Å²) in [5.74, 6) is -2.55. The van der Waals surface area contributed by atoms with E-state index in [1.54, 1.807) is 0 Å². The van der Waals surface area contributed by atoms with Crippen LogP contribution in [0.25, 0.3) is 0 Å². The molecule has 0 saturated carbocycles. The molecule has 1 saturated heterocycles. The third-order valence-corrected chi connectivity index (χ3v) is 10.1. The number of carboxylic acid groups (broad SMARTS) is 1. The molecule has 0 aromatic rings. The predicted octanol–water partition coefficient (Wildman–Crippen LogP) is 11.4. The molecule has 352 valence electrons. The Morgan fingerprint density at radius 3 is 1.54 bits per heavy atom. The van der Waals surface area contributed by atoms with Crippen LogP contribution in [0.2, 0.25) is 0 Å². The third kappa shape index (κ3) is 37.0. The molecule has 63 heavy (non-hydrogen) atoms. The van der Waals surface area contributed by atoms with Crippen LogP contribution in [0.3, 0.4) is 0 Å². The lowest BCUT2D eigenvalue weighted by Crippen LogP contribution is -2.34. The number of phosphoric ester groups is 1. The second-order valence-corrected chi connectivity index (χ2v) is 16.3. The molecule has 0 radical (unpaired) electrons. The van der Waals surface area contributed by atoms with E-state index in [0.29, 0.717) is 25.0 Å². The molecule has 1 rings (SSSR count). The highest BCUT2D eigenvalue weighted by molar-refractivity contribution is 7.47. The fourth-order valence-electron chi connectivity index (χ4n) is 5.51. The minimum atomic E-state index is -4.76. The lowest BCUT2D eigenvalue weighted by atomic mass is 10.1. The summed E-state index contributed by atoms with van der Waals surface area (Å²) in [6.45, 7) is 2.43. The number of rotatable bonds is 39. The Labute approximate surface area is 377 Å². The molecule has 5 atom stereocenters. The number of unbranched alkanes of at least 4 members (excludes halogenated alkanes) is 3. The minimum absolute atomic E-state index is 0.0774. The number of aliphatic carboxylic acids is 1. The third-order valence-electron chi connectivity index (χ3n) is 9.12. The second kappa shape index (κ2) is 39.4. The van der Waals surface area contributed by atoms with E-state index in [0.717, 1.165) is 89.9 Å². The number of epoxide rings is 1. The number of carboxylic acids is 1. The van der Waals surface area contributed by atoms with E-state index in [2.05, 4.69) is 128 Å². The highest BCUT2D eigenvalue weighted by Crippen LogP contribution is 2.43. The van der Waals surface area contributed by atoms with Crippen molar-refractivity contribution >= 4 is 25.7 Å². The Morgan fingerprint density at radius 2 is 1.02 bits per heavy atom. The molecule has 4 N–H and O–H groups in total. The zero-order chi connectivity index (χ0) is 46.1. The van der Waals surface area contributed by atoms with Gasteiger partial charge in [0.15, 0.2) is 6.10 Å². The van der Waals surface area contributed by atoms with Crippen LogP contribution >= 0.6 is 7.82 Å². The van der Waals surface area contributed by atoms with Gasteiger partial charge in [-0.2, -0.15) is 0 Å². The van der Waals surface area contributed by atoms with Crippen molar-refractivity contribution in [1.29, 1.82) is 0 Å². The number of phosphoric acid groups is 1. The highest BCUT2D eigenvalue weighted by atomic mass is 31.2. The van der Waals surface area contributed by atoms with E-state index in [-0.39, 0.29) is 12.8 Å². The summed E-state index contributed by atoms with van der Waals surface area (Å²) >= 11 is 0. The average molecular weight is 898 g/mol. The van der Waals surface area contributed by atoms with E-state index < -0.39 is 57.7 Å². The lowest BCUT2D eigenvalue weighted by Gasteiger charge is -2.20. The van der Waals surface area contributed by atoms with E-state index in [1.807, 2.05) is 12.2 Å². The molecule has 12 nitrogen and oxygen atoms in total. The van der Waals surface area contributed by atoms with E-state index >= 15 is 0 Å². The summed E-state index contributed by atoms with van der Waals surface area (Å²) in [4.78, 5) is 46.0. The van der Waals surface area contributed by atoms with E-state index in [4.69, 9.17) is 29.6 Å². The molecule has 0 spiro atoms. The number of ether oxygens (including phenoxy) is 3. The molecule has 0 amide bonds. The SMILES string of the molecule is CC/C=C\C/C=C\C/C=C\C/C=C\C/C=C\CCCCCC(=O)O[C@H](COC(=O)CC/C=C\C/C=C\C/C=C\C/C=C\CC1OC1C/C=C\CC)COP(=O)(O)OC[C@H](N)C(=O)O. The van der Waals surface area contributed by atoms with Gasteiger partial charge in [-0.1, -0.05) is 142 Å². The van der Waals surface area contributed by atoms with Gasteiger partial charge in [-0.25, -0.2) is 4.57 Å². The molecule has 3 unspecified atom stereocenters. The fourth-order valence-corrected chi connectivity index (χ4v) is 6.29. The molecule has 1 aliphatic heterocycles. The Bertz CT molecular complexity index is 1590. The molecule has 13 heteroatoms. The summed E-state index contributed by atoms with van der Waals surface area (Å²) in [7, 11) is -4.76. The number of hydrogen-bond donors (Lipinski definition) is 3. The first-order valence-corrected chi connectivity index (χ1v) is 24.2.